The molecule has 5 heteroatoms. The molecule has 0 bridgehead atoms. The summed E-state index contributed by atoms with van der Waals surface area (Å²) in [4.78, 5) is 4.33. The van der Waals surface area contributed by atoms with Gasteiger partial charge in [-0.1, -0.05) is 13.0 Å². The molecule has 0 spiro atoms. The quantitative estimate of drug-likeness (QED) is 0.929. The Kier molecular flexibility index (Phi) is 3.30. The first kappa shape index (κ1) is 13.2. The van der Waals surface area contributed by atoms with Gasteiger partial charge in [0, 0.05) is 18.5 Å². The molecule has 106 valence electrons. The van der Waals surface area contributed by atoms with Crippen molar-refractivity contribution < 1.29 is 4.39 Å². The Labute approximate surface area is 117 Å². The molecule has 0 saturated carbocycles. The predicted octanol–water partition coefficient (Wildman–Crippen LogP) is 2.17. The SMILES string of the molecule is CCCn1ncnc1CC1(N)CCc2cc(F)ccc21. The second kappa shape index (κ2) is 4.98. The first-order valence-electron chi connectivity index (χ1n) is 7.07. The zero-order valence-corrected chi connectivity index (χ0v) is 11.6. The summed E-state index contributed by atoms with van der Waals surface area (Å²) in [5.41, 5.74) is 8.19. The largest absolute Gasteiger partial charge is 0.321 e. The van der Waals surface area contributed by atoms with Gasteiger partial charge in [-0.3, -0.25) is 4.68 Å². The summed E-state index contributed by atoms with van der Waals surface area (Å²) in [6.45, 7) is 2.96. The number of hydrogen-bond donors (Lipinski definition) is 1. The molecule has 0 aliphatic heterocycles. The lowest BCUT2D eigenvalue weighted by atomic mass is 9.89. The summed E-state index contributed by atoms with van der Waals surface area (Å²) in [7, 11) is 0. The van der Waals surface area contributed by atoms with Gasteiger partial charge in [-0.25, -0.2) is 9.37 Å². The average Bonchev–Trinajstić information content (AvgIpc) is 2.96. The summed E-state index contributed by atoms with van der Waals surface area (Å²) in [6, 6.07) is 4.90. The number of halogens is 1. The third kappa shape index (κ3) is 2.22. The lowest BCUT2D eigenvalue weighted by molar-refractivity contribution is 0.411. The van der Waals surface area contributed by atoms with Crippen LogP contribution in [-0.2, 0) is 24.9 Å². The highest BCUT2D eigenvalue weighted by Crippen LogP contribution is 2.37. The third-order valence-electron chi connectivity index (χ3n) is 4.05. The Morgan fingerprint density at radius 2 is 2.30 bits per heavy atom. The van der Waals surface area contributed by atoms with Gasteiger partial charge in [0.15, 0.2) is 0 Å². The monoisotopic (exact) mass is 274 g/mol. The smallest absolute Gasteiger partial charge is 0.138 e. The van der Waals surface area contributed by atoms with E-state index in [1.807, 2.05) is 10.7 Å². The van der Waals surface area contributed by atoms with Gasteiger partial charge in [-0.2, -0.15) is 5.10 Å². The number of benzene rings is 1. The molecule has 1 aliphatic rings. The van der Waals surface area contributed by atoms with E-state index in [4.69, 9.17) is 5.73 Å². The second-order valence-corrected chi connectivity index (χ2v) is 5.53. The maximum Gasteiger partial charge on any atom is 0.138 e. The van der Waals surface area contributed by atoms with Crippen molar-refractivity contribution in [2.45, 2.75) is 44.7 Å². The van der Waals surface area contributed by atoms with Gasteiger partial charge in [-0.05, 0) is 42.5 Å². The van der Waals surface area contributed by atoms with Crippen LogP contribution in [0.25, 0.3) is 0 Å². The fourth-order valence-corrected chi connectivity index (χ4v) is 3.04. The topological polar surface area (TPSA) is 56.7 Å². The molecule has 0 saturated heterocycles. The minimum absolute atomic E-state index is 0.192. The molecule has 1 aliphatic carbocycles. The van der Waals surface area contributed by atoms with Crippen LogP contribution in [0, 0.1) is 5.82 Å². The molecule has 0 amide bonds. The van der Waals surface area contributed by atoms with Crippen LogP contribution in [0.5, 0.6) is 0 Å². The minimum atomic E-state index is -0.457. The zero-order valence-electron chi connectivity index (χ0n) is 11.6. The van der Waals surface area contributed by atoms with Crippen molar-refractivity contribution in [2.75, 3.05) is 0 Å². The van der Waals surface area contributed by atoms with Crippen LogP contribution in [0.2, 0.25) is 0 Å². The molecule has 2 aromatic rings. The van der Waals surface area contributed by atoms with Crippen LogP contribution in [0.15, 0.2) is 24.5 Å². The van der Waals surface area contributed by atoms with Gasteiger partial charge >= 0.3 is 0 Å². The molecular formula is C15H19FN4. The fraction of sp³-hybridized carbons (Fsp3) is 0.467. The van der Waals surface area contributed by atoms with E-state index in [-0.39, 0.29) is 5.82 Å². The maximum atomic E-state index is 13.3. The van der Waals surface area contributed by atoms with E-state index in [1.54, 1.807) is 12.4 Å². The number of hydrogen-bond acceptors (Lipinski definition) is 3. The van der Waals surface area contributed by atoms with Gasteiger partial charge < -0.3 is 5.73 Å². The first-order chi connectivity index (χ1) is 9.62. The van der Waals surface area contributed by atoms with Gasteiger partial charge in [-0.15, -0.1) is 0 Å². The highest BCUT2D eigenvalue weighted by Gasteiger charge is 2.36. The molecule has 0 radical (unpaired) electrons. The number of rotatable bonds is 4. The summed E-state index contributed by atoms with van der Waals surface area (Å²) < 4.78 is 15.2. The summed E-state index contributed by atoms with van der Waals surface area (Å²) >= 11 is 0. The second-order valence-electron chi connectivity index (χ2n) is 5.53. The lowest BCUT2D eigenvalue weighted by Gasteiger charge is -2.25. The van der Waals surface area contributed by atoms with Crippen LogP contribution >= 0.6 is 0 Å². The summed E-state index contributed by atoms with van der Waals surface area (Å²) in [6.07, 6.45) is 4.88. The van der Waals surface area contributed by atoms with Crippen molar-refractivity contribution in [1.29, 1.82) is 0 Å². The molecule has 4 nitrogen and oxygen atoms in total. The number of nitrogens with two attached hydrogens (primary N) is 1. The van der Waals surface area contributed by atoms with Gasteiger partial charge in [0.25, 0.3) is 0 Å². The Hall–Kier alpha value is -1.75. The molecule has 1 aromatic heterocycles. The first-order valence-corrected chi connectivity index (χ1v) is 7.07. The van der Waals surface area contributed by atoms with Gasteiger partial charge in [0.05, 0.1) is 0 Å². The number of nitrogens with zero attached hydrogens (tertiary/aromatic N) is 3. The molecule has 1 aromatic carbocycles. The lowest BCUT2D eigenvalue weighted by Crippen LogP contribution is -2.37. The molecule has 1 atom stereocenters. The average molecular weight is 274 g/mol. The van der Waals surface area contributed by atoms with Crippen molar-refractivity contribution in [3.05, 3.63) is 47.3 Å². The van der Waals surface area contributed by atoms with Crippen LogP contribution in [0.4, 0.5) is 4.39 Å². The zero-order chi connectivity index (χ0) is 14.2. The summed E-state index contributed by atoms with van der Waals surface area (Å²) in [5, 5.41) is 4.24. The van der Waals surface area contributed by atoms with Crippen molar-refractivity contribution in [1.82, 2.24) is 14.8 Å². The number of fused-ring (bicyclic) bond motifs is 1. The van der Waals surface area contributed by atoms with Crippen LogP contribution in [-0.4, -0.2) is 14.8 Å². The van der Waals surface area contributed by atoms with Gasteiger partial charge in [0.2, 0.25) is 0 Å². The van der Waals surface area contributed by atoms with Crippen LogP contribution in [0.1, 0.15) is 36.7 Å². The standard InChI is InChI=1S/C15H19FN4/c1-2-7-20-14(18-10-19-20)9-15(17)6-5-11-8-12(16)3-4-13(11)15/h3-4,8,10H,2,5-7,9,17H2,1H3. The maximum absolute atomic E-state index is 13.3. The molecule has 0 fully saturated rings. The molecular weight excluding hydrogens is 255 g/mol. The van der Waals surface area contributed by atoms with Gasteiger partial charge in [0.1, 0.15) is 18.0 Å². The highest BCUT2D eigenvalue weighted by molar-refractivity contribution is 5.39. The van der Waals surface area contributed by atoms with Crippen molar-refractivity contribution in [3.8, 4) is 0 Å². The van der Waals surface area contributed by atoms with E-state index in [0.29, 0.717) is 6.42 Å². The molecule has 20 heavy (non-hydrogen) atoms. The van der Waals surface area contributed by atoms with E-state index in [2.05, 4.69) is 17.0 Å². The Bertz CT molecular complexity index is 622. The van der Waals surface area contributed by atoms with E-state index in [1.165, 1.54) is 6.07 Å². The van der Waals surface area contributed by atoms with Crippen molar-refractivity contribution >= 4 is 0 Å². The molecule has 2 N–H and O–H groups in total. The molecule has 1 unspecified atom stereocenters. The Morgan fingerprint density at radius 3 is 3.10 bits per heavy atom. The van der Waals surface area contributed by atoms with Crippen molar-refractivity contribution in [3.63, 3.8) is 0 Å². The highest BCUT2D eigenvalue weighted by atomic mass is 19.1. The fourth-order valence-electron chi connectivity index (χ4n) is 3.04. The van der Waals surface area contributed by atoms with E-state index in [0.717, 1.165) is 42.8 Å². The summed E-state index contributed by atoms with van der Waals surface area (Å²) in [5.74, 6) is 0.716. The predicted molar refractivity (Wildman–Crippen MR) is 74.6 cm³/mol. The normalized spacial score (nSPS) is 21.1. The van der Waals surface area contributed by atoms with Crippen LogP contribution < -0.4 is 5.73 Å². The number of aryl methyl sites for hydroxylation is 2. The minimum Gasteiger partial charge on any atom is -0.321 e. The molecule has 1 heterocycles. The Balaban J connectivity index is 1.90. The van der Waals surface area contributed by atoms with Crippen molar-refractivity contribution in [2.24, 2.45) is 5.73 Å². The van der Waals surface area contributed by atoms with E-state index in [9.17, 15) is 4.39 Å². The number of aromatic nitrogens is 3. The Morgan fingerprint density at radius 1 is 1.45 bits per heavy atom. The molecule has 3 rings (SSSR count). The van der Waals surface area contributed by atoms with E-state index < -0.39 is 5.54 Å². The van der Waals surface area contributed by atoms with E-state index >= 15 is 0 Å². The third-order valence-corrected chi connectivity index (χ3v) is 4.05. The van der Waals surface area contributed by atoms with Crippen LogP contribution in [0.3, 0.4) is 0 Å².